The molecule has 0 aliphatic heterocycles. The van der Waals surface area contributed by atoms with Gasteiger partial charge in [0, 0.05) is 48.6 Å². The molecular weight excluding hydrogens is 619 g/mol. The molecule has 4 aromatic heterocycles. The van der Waals surface area contributed by atoms with E-state index in [0.29, 0.717) is 0 Å². The number of pyridine rings is 2. The minimum Gasteiger partial charge on any atom is -0.455 e. The summed E-state index contributed by atoms with van der Waals surface area (Å²) < 4.78 is 13.8. The van der Waals surface area contributed by atoms with Crippen LogP contribution in [0.15, 0.2) is 144 Å². The van der Waals surface area contributed by atoms with Crippen LogP contribution in [0.2, 0.25) is 0 Å². The van der Waals surface area contributed by atoms with Gasteiger partial charge in [0.2, 0.25) is 0 Å². The van der Waals surface area contributed by atoms with E-state index in [4.69, 9.17) is 4.42 Å². The third kappa shape index (κ3) is 4.57. The smallest absolute Gasteiger partial charge is 0.290 e. The Morgan fingerprint density at radius 2 is 1.10 bits per heavy atom. The third-order valence-electron chi connectivity index (χ3n) is 9.90. The average Bonchev–Trinajstić information content (AvgIpc) is 3.69. The first kappa shape index (κ1) is 29.4. The van der Waals surface area contributed by atoms with Crippen molar-refractivity contribution in [1.82, 2.24) is 0 Å². The highest BCUT2D eigenvalue weighted by molar-refractivity contribution is 7.26. The maximum absolute atomic E-state index is 6.57. The standard InChI is InChI=1S/C44H35N3OS/c1-28-24-26-33-31-16-8-10-20-37(31)48-43(33)41(28)35-18-12-22-39(45(35)3)47(30-14-6-5-7-15-30)40-23-13-19-36(46(40)4)42-29(2)25-27-34-32-17-9-11-21-38(32)49-44(34)42/h5-27H,1-4H3/q+2. The number of hydrogen-bond donors (Lipinski definition) is 0. The Hall–Kier alpha value is -5.78. The van der Waals surface area contributed by atoms with Gasteiger partial charge in [-0.1, -0.05) is 78.9 Å². The molecule has 0 spiro atoms. The van der Waals surface area contributed by atoms with Crippen molar-refractivity contribution in [2.45, 2.75) is 13.8 Å². The fraction of sp³-hybridized carbons (Fsp3) is 0.0909. The molecule has 0 saturated carbocycles. The topological polar surface area (TPSA) is 24.1 Å². The first-order valence-electron chi connectivity index (χ1n) is 16.7. The number of furan rings is 1. The number of fused-ring (bicyclic) bond motifs is 6. The quantitative estimate of drug-likeness (QED) is 0.173. The van der Waals surface area contributed by atoms with Crippen LogP contribution in [-0.2, 0) is 14.1 Å². The predicted octanol–water partition coefficient (Wildman–Crippen LogP) is 11.0. The molecule has 0 aliphatic carbocycles. The molecule has 236 valence electrons. The van der Waals surface area contributed by atoms with Crippen molar-refractivity contribution in [2.24, 2.45) is 14.1 Å². The molecule has 4 heterocycles. The Kier molecular flexibility index (Phi) is 6.85. The van der Waals surface area contributed by atoms with E-state index in [0.717, 1.165) is 50.5 Å². The average molecular weight is 654 g/mol. The fourth-order valence-electron chi connectivity index (χ4n) is 7.47. The van der Waals surface area contributed by atoms with E-state index in [9.17, 15) is 0 Å². The van der Waals surface area contributed by atoms with Crippen LogP contribution in [0, 0.1) is 13.8 Å². The molecule has 0 bridgehead atoms. The number of rotatable bonds is 5. The number of anilines is 3. The van der Waals surface area contributed by atoms with E-state index in [-0.39, 0.29) is 0 Å². The Labute approximate surface area is 289 Å². The van der Waals surface area contributed by atoms with Gasteiger partial charge in [0.1, 0.15) is 28.2 Å². The maximum Gasteiger partial charge on any atom is 0.290 e. The monoisotopic (exact) mass is 653 g/mol. The SMILES string of the molecule is Cc1ccc2c(oc3ccccc32)c1-c1cccc(N(c2ccccc2)c2cccc(-c3c(C)ccc4c3sc3ccccc34)[n+]2C)[n+]1C. The van der Waals surface area contributed by atoms with Crippen LogP contribution in [0.25, 0.3) is 64.6 Å². The molecule has 5 heteroatoms. The zero-order chi connectivity index (χ0) is 33.2. The second kappa shape index (κ2) is 11.4. The highest BCUT2D eigenvalue weighted by Crippen LogP contribution is 2.42. The van der Waals surface area contributed by atoms with Crippen LogP contribution >= 0.6 is 11.3 Å². The summed E-state index contributed by atoms with van der Waals surface area (Å²) in [5, 5.41) is 4.88. The molecule has 9 rings (SSSR count). The van der Waals surface area contributed by atoms with Gasteiger partial charge < -0.3 is 4.42 Å². The number of aryl methyl sites for hydroxylation is 2. The summed E-state index contributed by atoms with van der Waals surface area (Å²) in [7, 11) is 4.35. The number of para-hydroxylation sites is 2. The molecule has 0 atom stereocenters. The number of aromatic nitrogens is 2. The van der Waals surface area contributed by atoms with Gasteiger partial charge in [0.15, 0.2) is 0 Å². The lowest BCUT2D eigenvalue weighted by atomic mass is 10.0. The van der Waals surface area contributed by atoms with Gasteiger partial charge in [-0.2, -0.15) is 4.90 Å². The van der Waals surface area contributed by atoms with Gasteiger partial charge in [-0.25, -0.2) is 9.13 Å². The largest absolute Gasteiger partial charge is 0.455 e. The molecule has 0 radical (unpaired) electrons. The van der Waals surface area contributed by atoms with Crippen LogP contribution in [0.4, 0.5) is 17.3 Å². The first-order valence-corrected chi connectivity index (χ1v) is 17.5. The molecule has 4 nitrogen and oxygen atoms in total. The molecule has 0 unspecified atom stereocenters. The van der Waals surface area contributed by atoms with Gasteiger partial charge in [-0.15, -0.1) is 11.3 Å². The van der Waals surface area contributed by atoms with E-state index in [1.54, 1.807) is 0 Å². The summed E-state index contributed by atoms with van der Waals surface area (Å²) >= 11 is 1.88. The minimum absolute atomic E-state index is 0.904. The lowest BCUT2D eigenvalue weighted by Gasteiger charge is -2.21. The summed E-state index contributed by atoms with van der Waals surface area (Å²) in [6.07, 6.45) is 0. The normalized spacial score (nSPS) is 11.7. The lowest BCUT2D eigenvalue weighted by molar-refractivity contribution is -0.656. The summed E-state index contributed by atoms with van der Waals surface area (Å²) in [6, 6.07) is 49.9. The molecule has 5 aromatic carbocycles. The second-order valence-electron chi connectivity index (χ2n) is 12.8. The van der Waals surface area contributed by atoms with Crippen LogP contribution in [0.5, 0.6) is 0 Å². The van der Waals surface area contributed by atoms with Gasteiger partial charge >= 0.3 is 0 Å². The predicted molar refractivity (Wildman–Crippen MR) is 204 cm³/mol. The zero-order valence-corrected chi connectivity index (χ0v) is 28.8. The van der Waals surface area contributed by atoms with Crippen molar-refractivity contribution in [2.75, 3.05) is 4.90 Å². The van der Waals surface area contributed by atoms with Crippen molar-refractivity contribution >= 4 is 70.8 Å². The third-order valence-corrected chi connectivity index (χ3v) is 11.1. The Balaban J connectivity index is 1.27. The molecular formula is C44H35N3OS+2. The summed E-state index contributed by atoms with van der Waals surface area (Å²) in [5.41, 5.74) is 9.99. The zero-order valence-electron chi connectivity index (χ0n) is 27.9. The molecule has 0 saturated heterocycles. The highest BCUT2D eigenvalue weighted by Gasteiger charge is 2.31. The van der Waals surface area contributed by atoms with Crippen LogP contribution in [-0.4, -0.2) is 0 Å². The Bertz CT molecular complexity index is 2550. The van der Waals surface area contributed by atoms with Crippen molar-refractivity contribution in [3.05, 3.63) is 151 Å². The minimum atomic E-state index is 0.904. The summed E-state index contributed by atoms with van der Waals surface area (Å²) in [5.74, 6) is 2.10. The fourth-order valence-corrected chi connectivity index (χ4v) is 8.78. The van der Waals surface area contributed by atoms with E-state index < -0.39 is 0 Å². The number of hydrogen-bond acceptors (Lipinski definition) is 3. The van der Waals surface area contributed by atoms with Gasteiger partial charge in [0.05, 0.1) is 19.7 Å². The number of nitrogens with zero attached hydrogens (tertiary/aromatic N) is 3. The van der Waals surface area contributed by atoms with Gasteiger partial charge in [-0.3, -0.25) is 0 Å². The van der Waals surface area contributed by atoms with E-state index in [1.165, 1.54) is 42.6 Å². The Morgan fingerprint density at radius 1 is 0.510 bits per heavy atom. The molecule has 0 N–H and O–H groups in total. The van der Waals surface area contributed by atoms with Crippen LogP contribution in [0.1, 0.15) is 11.1 Å². The number of benzene rings is 5. The van der Waals surface area contributed by atoms with Crippen molar-refractivity contribution < 1.29 is 13.6 Å². The van der Waals surface area contributed by atoms with E-state index >= 15 is 0 Å². The summed E-state index contributed by atoms with van der Waals surface area (Å²) in [4.78, 5) is 2.36. The Morgan fingerprint density at radius 3 is 1.84 bits per heavy atom. The second-order valence-corrected chi connectivity index (χ2v) is 13.8. The van der Waals surface area contributed by atoms with Crippen molar-refractivity contribution in [3.8, 4) is 22.5 Å². The van der Waals surface area contributed by atoms with Crippen molar-refractivity contribution in [3.63, 3.8) is 0 Å². The first-order chi connectivity index (χ1) is 24.0. The highest BCUT2D eigenvalue weighted by atomic mass is 32.1. The molecule has 9 aromatic rings. The van der Waals surface area contributed by atoms with Gasteiger partial charge in [0.25, 0.3) is 11.6 Å². The maximum atomic E-state index is 6.57. The molecule has 49 heavy (non-hydrogen) atoms. The molecule has 0 amide bonds. The van der Waals surface area contributed by atoms with E-state index in [1.807, 2.05) is 17.4 Å². The van der Waals surface area contributed by atoms with Crippen molar-refractivity contribution in [1.29, 1.82) is 0 Å². The van der Waals surface area contributed by atoms with E-state index in [2.05, 4.69) is 175 Å². The molecule has 0 aliphatic rings. The van der Waals surface area contributed by atoms with Gasteiger partial charge in [-0.05, 0) is 73.5 Å². The lowest BCUT2D eigenvalue weighted by Crippen LogP contribution is -2.43. The van der Waals surface area contributed by atoms with Crippen LogP contribution in [0.3, 0.4) is 0 Å². The molecule has 0 fully saturated rings. The summed E-state index contributed by atoms with van der Waals surface area (Å²) in [6.45, 7) is 4.40. The number of thiophene rings is 1. The van der Waals surface area contributed by atoms with Crippen LogP contribution < -0.4 is 14.0 Å².